The number of methoxy groups -OCH3 is 1. The molecule has 0 aromatic heterocycles. The van der Waals surface area contributed by atoms with Gasteiger partial charge < -0.3 is 14.8 Å². The average Bonchev–Trinajstić information content (AvgIpc) is 3.36. The van der Waals surface area contributed by atoms with E-state index in [1.54, 1.807) is 24.3 Å². The lowest BCUT2D eigenvalue weighted by Gasteiger charge is -2.35. The van der Waals surface area contributed by atoms with E-state index in [1.165, 1.54) is 34.7 Å². The van der Waals surface area contributed by atoms with Gasteiger partial charge in [0.2, 0.25) is 0 Å². The Kier molecular flexibility index (Phi) is 6.38. The summed E-state index contributed by atoms with van der Waals surface area (Å²) in [5.41, 5.74) is 5.04. The van der Waals surface area contributed by atoms with Crippen molar-refractivity contribution in [3.05, 3.63) is 82.9 Å². The normalized spacial score (nSPS) is 17.5. The summed E-state index contributed by atoms with van der Waals surface area (Å²) in [6.07, 6.45) is 2.32. The maximum absolute atomic E-state index is 13.7. The van der Waals surface area contributed by atoms with Gasteiger partial charge in [0.15, 0.2) is 6.10 Å². The molecule has 0 saturated carbocycles. The number of fused-ring (bicyclic) bond motifs is 2. The van der Waals surface area contributed by atoms with Gasteiger partial charge in [0.05, 0.1) is 30.3 Å². The third kappa shape index (κ3) is 4.53. The van der Waals surface area contributed by atoms with Gasteiger partial charge in [0, 0.05) is 0 Å². The quantitative estimate of drug-likeness (QED) is 0.538. The van der Waals surface area contributed by atoms with Gasteiger partial charge in [-0.15, -0.1) is 0 Å². The first-order chi connectivity index (χ1) is 17.3. The molecule has 8 heteroatoms. The molecule has 36 heavy (non-hydrogen) atoms. The minimum Gasteiger partial charge on any atom is -0.497 e. The molecule has 1 amide bonds. The lowest BCUT2D eigenvalue weighted by Crippen LogP contribution is -2.51. The molecule has 0 fully saturated rings. The molecule has 1 aliphatic carbocycles. The summed E-state index contributed by atoms with van der Waals surface area (Å²) < 4.78 is 39.8. The molecule has 1 aliphatic heterocycles. The SMILES string of the molecule is COc1ccc(S(=O)(=O)N2C[C@H](C(=O)N[C@H](C)c3ccc4c(c3)CCC4)Oc3ccc(C)cc32)cc1. The Morgan fingerprint density at radius 3 is 2.56 bits per heavy atom. The number of carbonyl (C=O) groups excluding carboxylic acids is 1. The monoisotopic (exact) mass is 506 g/mol. The van der Waals surface area contributed by atoms with Crippen molar-refractivity contribution in [1.29, 1.82) is 0 Å². The zero-order valence-electron chi connectivity index (χ0n) is 20.7. The maximum Gasteiger partial charge on any atom is 0.264 e. The van der Waals surface area contributed by atoms with E-state index in [9.17, 15) is 13.2 Å². The fourth-order valence-electron chi connectivity index (χ4n) is 4.85. The molecule has 3 aromatic carbocycles. The number of sulfonamides is 1. The Morgan fingerprint density at radius 2 is 1.81 bits per heavy atom. The van der Waals surface area contributed by atoms with Crippen molar-refractivity contribution in [3.63, 3.8) is 0 Å². The van der Waals surface area contributed by atoms with E-state index >= 15 is 0 Å². The van der Waals surface area contributed by atoms with Crippen molar-refractivity contribution >= 4 is 21.6 Å². The van der Waals surface area contributed by atoms with Gasteiger partial charge >= 0.3 is 0 Å². The molecule has 188 valence electrons. The maximum atomic E-state index is 13.7. The predicted octanol–water partition coefficient (Wildman–Crippen LogP) is 4.33. The van der Waals surface area contributed by atoms with Gasteiger partial charge in [-0.2, -0.15) is 0 Å². The minimum absolute atomic E-state index is 0.114. The molecule has 0 spiro atoms. The highest BCUT2D eigenvalue weighted by Gasteiger charge is 2.38. The molecule has 1 heterocycles. The lowest BCUT2D eigenvalue weighted by atomic mass is 10.0. The van der Waals surface area contributed by atoms with E-state index in [4.69, 9.17) is 9.47 Å². The van der Waals surface area contributed by atoms with Crippen LogP contribution in [0.3, 0.4) is 0 Å². The number of rotatable bonds is 6. The Bertz CT molecular complexity index is 1400. The fourth-order valence-corrected chi connectivity index (χ4v) is 6.32. The van der Waals surface area contributed by atoms with Crippen molar-refractivity contribution in [2.75, 3.05) is 18.0 Å². The van der Waals surface area contributed by atoms with Crippen LogP contribution in [0.5, 0.6) is 11.5 Å². The molecule has 0 saturated heterocycles. The number of hydrogen-bond acceptors (Lipinski definition) is 5. The molecule has 2 atom stereocenters. The third-order valence-corrected chi connectivity index (χ3v) is 8.70. The van der Waals surface area contributed by atoms with Gasteiger partial charge in [-0.25, -0.2) is 8.42 Å². The van der Waals surface area contributed by atoms with Crippen LogP contribution in [0.25, 0.3) is 0 Å². The molecule has 7 nitrogen and oxygen atoms in total. The molecule has 3 aromatic rings. The van der Waals surface area contributed by atoms with Crippen molar-refractivity contribution in [2.45, 2.75) is 50.2 Å². The highest BCUT2D eigenvalue weighted by Crippen LogP contribution is 2.38. The summed E-state index contributed by atoms with van der Waals surface area (Å²) in [7, 11) is -2.43. The average molecular weight is 507 g/mol. The number of amides is 1. The van der Waals surface area contributed by atoms with Gasteiger partial charge in [0.1, 0.15) is 11.5 Å². The molecule has 5 rings (SSSR count). The van der Waals surface area contributed by atoms with Gasteiger partial charge in [-0.1, -0.05) is 24.3 Å². The van der Waals surface area contributed by atoms with Crippen LogP contribution in [-0.4, -0.2) is 34.1 Å². The highest BCUT2D eigenvalue weighted by molar-refractivity contribution is 7.92. The summed E-state index contributed by atoms with van der Waals surface area (Å²) in [4.78, 5) is 13.4. The van der Waals surface area contributed by atoms with Crippen LogP contribution < -0.4 is 19.1 Å². The Morgan fingerprint density at radius 1 is 1.06 bits per heavy atom. The predicted molar refractivity (Wildman–Crippen MR) is 138 cm³/mol. The summed E-state index contributed by atoms with van der Waals surface area (Å²) >= 11 is 0. The second-order valence-electron chi connectivity index (χ2n) is 9.40. The van der Waals surface area contributed by atoms with E-state index < -0.39 is 16.1 Å². The zero-order valence-corrected chi connectivity index (χ0v) is 21.5. The Hall–Kier alpha value is -3.52. The molecular weight excluding hydrogens is 476 g/mol. The summed E-state index contributed by atoms with van der Waals surface area (Å²) in [5.74, 6) is 0.559. The highest BCUT2D eigenvalue weighted by atomic mass is 32.2. The van der Waals surface area contributed by atoms with Crippen molar-refractivity contribution in [2.24, 2.45) is 0 Å². The number of carbonyl (C=O) groups is 1. The molecule has 2 aliphatic rings. The van der Waals surface area contributed by atoms with E-state index in [2.05, 4.69) is 23.5 Å². The van der Waals surface area contributed by atoms with Crippen molar-refractivity contribution in [3.8, 4) is 11.5 Å². The molecule has 1 N–H and O–H groups in total. The van der Waals surface area contributed by atoms with Gasteiger partial charge in [-0.3, -0.25) is 9.10 Å². The van der Waals surface area contributed by atoms with Gasteiger partial charge in [-0.05, 0) is 91.8 Å². The second kappa shape index (κ2) is 9.50. The lowest BCUT2D eigenvalue weighted by molar-refractivity contribution is -0.128. The number of nitrogens with zero attached hydrogens (tertiary/aromatic N) is 1. The second-order valence-corrected chi connectivity index (χ2v) is 11.3. The summed E-state index contributed by atoms with van der Waals surface area (Å²) in [6.45, 7) is 3.68. The number of hydrogen-bond donors (Lipinski definition) is 1. The van der Waals surface area contributed by atoms with Crippen LogP contribution in [0, 0.1) is 6.92 Å². The fraction of sp³-hybridized carbons (Fsp3) is 0.321. The van der Waals surface area contributed by atoms with E-state index in [-0.39, 0.29) is 23.4 Å². The summed E-state index contributed by atoms with van der Waals surface area (Å²) in [5, 5.41) is 3.02. The topological polar surface area (TPSA) is 84.9 Å². The standard InChI is InChI=1S/C28H30N2O5S/c1-18-7-14-26-25(15-18)30(36(32,33)24-12-10-23(34-3)11-13-24)17-27(35-26)28(31)29-19(2)21-9-8-20-5-4-6-22(20)16-21/h7-16,19,27H,4-6,17H2,1-3H3,(H,29,31)/t19-,27-/m1/s1. The van der Waals surface area contributed by atoms with Crippen molar-refractivity contribution < 1.29 is 22.7 Å². The van der Waals surface area contributed by atoms with E-state index in [1.807, 2.05) is 19.9 Å². The van der Waals surface area contributed by atoms with E-state index in [0.717, 1.165) is 30.4 Å². The molecular formula is C28H30N2O5S. The minimum atomic E-state index is -3.95. The molecule has 0 unspecified atom stereocenters. The number of benzene rings is 3. The van der Waals surface area contributed by atoms with Crippen LogP contribution in [0.15, 0.2) is 65.6 Å². The smallest absolute Gasteiger partial charge is 0.264 e. The largest absolute Gasteiger partial charge is 0.497 e. The first-order valence-corrected chi connectivity index (χ1v) is 13.6. The van der Waals surface area contributed by atoms with Gasteiger partial charge in [0.25, 0.3) is 15.9 Å². The number of nitrogens with one attached hydrogen (secondary N) is 1. The molecule has 0 bridgehead atoms. The van der Waals surface area contributed by atoms with Crippen LogP contribution in [0.4, 0.5) is 5.69 Å². The van der Waals surface area contributed by atoms with Crippen LogP contribution in [0.1, 0.15) is 41.6 Å². The van der Waals surface area contributed by atoms with E-state index in [0.29, 0.717) is 17.2 Å². The van der Waals surface area contributed by atoms with Crippen LogP contribution in [-0.2, 0) is 27.7 Å². The Balaban J connectivity index is 1.41. The van der Waals surface area contributed by atoms with Crippen LogP contribution >= 0.6 is 0 Å². The number of anilines is 1. The molecule has 0 radical (unpaired) electrons. The third-order valence-electron chi connectivity index (χ3n) is 6.91. The van der Waals surface area contributed by atoms with Crippen LogP contribution in [0.2, 0.25) is 0 Å². The first kappa shape index (κ1) is 24.2. The first-order valence-electron chi connectivity index (χ1n) is 12.1. The number of ether oxygens (including phenoxy) is 2. The number of aryl methyl sites for hydroxylation is 3. The van der Waals surface area contributed by atoms with Crippen molar-refractivity contribution in [1.82, 2.24) is 5.32 Å². The zero-order chi connectivity index (χ0) is 25.4. The summed E-state index contributed by atoms with van der Waals surface area (Å²) in [6, 6.07) is 17.6. The Labute approximate surface area is 212 Å².